The second kappa shape index (κ2) is 15.3. The summed E-state index contributed by atoms with van der Waals surface area (Å²) in [4.78, 5) is 0. The predicted molar refractivity (Wildman–Crippen MR) is 100 cm³/mol. The van der Waals surface area contributed by atoms with E-state index in [4.69, 9.17) is 9.47 Å². The summed E-state index contributed by atoms with van der Waals surface area (Å²) in [7, 11) is 1.68. The van der Waals surface area contributed by atoms with E-state index in [-0.39, 0.29) is 0 Å². The van der Waals surface area contributed by atoms with Gasteiger partial charge in [0.1, 0.15) is 6.10 Å². The first-order valence-corrected chi connectivity index (χ1v) is 8.57. The third-order valence-corrected chi connectivity index (χ3v) is 2.85. The van der Waals surface area contributed by atoms with Gasteiger partial charge in [0.15, 0.2) is 0 Å². The fourth-order valence-corrected chi connectivity index (χ4v) is 1.78. The molecule has 3 rings (SSSR count). The molecule has 1 aliphatic rings. The van der Waals surface area contributed by atoms with E-state index in [9.17, 15) is 0 Å². The molecule has 0 saturated carbocycles. The van der Waals surface area contributed by atoms with E-state index in [1.54, 1.807) is 7.11 Å². The van der Waals surface area contributed by atoms with Gasteiger partial charge in [-0.05, 0) is 17.5 Å². The van der Waals surface area contributed by atoms with Crippen molar-refractivity contribution in [1.29, 1.82) is 0 Å². The lowest BCUT2D eigenvalue weighted by Gasteiger charge is -2.00. The van der Waals surface area contributed by atoms with Gasteiger partial charge in [-0.25, -0.2) is 0 Å². The van der Waals surface area contributed by atoms with Crippen LogP contribution in [0.3, 0.4) is 0 Å². The molecule has 2 heteroatoms. The summed E-state index contributed by atoms with van der Waals surface area (Å²) < 4.78 is 9.56. The van der Waals surface area contributed by atoms with Gasteiger partial charge in [-0.2, -0.15) is 0 Å². The highest BCUT2D eigenvalue weighted by Gasteiger charge is 2.21. The Morgan fingerprint density at radius 3 is 1.48 bits per heavy atom. The predicted octanol–water partition coefficient (Wildman–Crippen LogP) is 5.36. The van der Waals surface area contributed by atoms with Gasteiger partial charge in [0, 0.05) is 7.11 Å². The maximum atomic E-state index is 4.82. The molecule has 1 heterocycles. The minimum atomic E-state index is 0.426. The van der Waals surface area contributed by atoms with Crippen LogP contribution in [0.1, 0.15) is 38.8 Å². The molecule has 2 nitrogen and oxygen atoms in total. The lowest BCUT2D eigenvalue weighted by molar-refractivity contribution is 0.171. The van der Waals surface area contributed by atoms with Gasteiger partial charge in [-0.3, -0.25) is 0 Å². The second-order valence-electron chi connectivity index (χ2n) is 4.56. The number of methoxy groups -OCH3 is 1. The zero-order chi connectivity index (χ0) is 17.3. The smallest absolute Gasteiger partial charge is 0.104 e. The number of benzene rings is 2. The Hall–Kier alpha value is -1.64. The van der Waals surface area contributed by atoms with E-state index in [2.05, 4.69) is 60.7 Å². The van der Waals surface area contributed by atoms with E-state index in [0.717, 1.165) is 19.6 Å². The second-order valence-corrected chi connectivity index (χ2v) is 4.56. The van der Waals surface area contributed by atoms with Gasteiger partial charge < -0.3 is 9.47 Å². The number of hydrogen-bond donors (Lipinski definition) is 0. The molecule has 0 spiro atoms. The molecule has 1 atom stereocenters. The van der Waals surface area contributed by atoms with Crippen molar-refractivity contribution in [3.8, 4) is 0 Å². The van der Waals surface area contributed by atoms with Crippen molar-refractivity contribution in [2.45, 2.75) is 40.2 Å². The molecule has 2 aromatic carbocycles. The van der Waals surface area contributed by atoms with Crippen LogP contribution in [0.4, 0.5) is 0 Å². The Bertz CT molecular complexity index is 412. The molecule has 0 N–H and O–H groups in total. The Labute approximate surface area is 142 Å². The standard InChI is InChI=1S/C13H12.C4H8O2.2C2H6/c1-3-7-12(8-4-1)11-13-9-5-2-6-10-13;1-5-2-4-3-6-4;2*1-2/h1-10H,11H2;4H,2-3H2,1H3;2*1-2H3. The zero-order valence-corrected chi connectivity index (χ0v) is 15.3. The van der Waals surface area contributed by atoms with Crippen LogP contribution in [0.2, 0.25) is 0 Å². The largest absolute Gasteiger partial charge is 0.382 e. The Balaban J connectivity index is 0.000000407. The summed E-state index contributed by atoms with van der Waals surface area (Å²) in [5, 5.41) is 0. The molecule has 0 amide bonds. The van der Waals surface area contributed by atoms with E-state index in [1.165, 1.54) is 11.1 Å². The quantitative estimate of drug-likeness (QED) is 0.708. The maximum absolute atomic E-state index is 4.82. The Morgan fingerprint density at radius 2 is 1.22 bits per heavy atom. The van der Waals surface area contributed by atoms with Crippen LogP contribution in [0.15, 0.2) is 60.7 Å². The summed E-state index contributed by atoms with van der Waals surface area (Å²) >= 11 is 0. The van der Waals surface area contributed by atoms with Crippen molar-refractivity contribution in [2.24, 2.45) is 0 Å². The van der Waals surface area contributed by atoms with Crippen LogP contribution in [0, 0.1) is 0 Å². The molecule has 23 heavy (non-hydrogen) atoms. The Morgan fingerprint density at radius 1 is 0.826 bits per heavy atom. The van der Waals surface area contributed by atoms with Crippen molar-refractivity contribution in [3.63, 3.8) is 0 Å². The minimum absolute atomic E-state index is 0.426. The normalized spacial score (nSPS) is 14.0. The molecule has 0 aromatic heterocycles. The van der Waals surface area contributed by atoms with Gasteiger partial charge in [0.2, 0.25) is 0 Å². The van der Waals surface area contributed by atoms with Gasteiger partial charge in [0.05, 0.1) is 13.2 Å². The van der Waals surface area contributed by atoms with Gasteiger partial charge in [-0.15, -0.1) is 0 Å². The fourth-order valence-electron chi connectivity index (χ4n) is 1.78. The van der Waals surface area contributed by atoms with Crippen LogP contribution in [0.25, 0.3) is 0 Å². The molecular formula is C21H32O2. The molecule has 0 bridgehead atoms. The van der Waals surface area contributed by atoms with Crippen molar-refractivity contribution < 1.29 is 9.47 Å². The zero-order valence-electron chi connectivity index (χ0n) is 15.3. The molecule has 1 saturated heterocycles. The van der Waals surface area contributed by atoms with Crippen LogP contribution < -0.4 is 0 Å². The van der Waals surface area contributed by atoms with Crippen molar-refractivity contribution in [3.05, 3.63) is 71.8 Å². The highest BCUT2D eigenvalue weighted by Crippen LogP contribution is 2.08. The average Bonchev–Trinajstić information content (AvgIpc) is 3.45. The van der Waals surface area contributed by atoms with Crippen molar-refractivity contribution >= 4 is 0 Å². The van der Waals surface area contributed by atoms with Gasteiger partial charge in [0.25, 0.3) is 0 Å². The van der Waals surface area contributed by atoms with Gasteiger partial charge in [-0.1, -0.05) is 88.4 Å². The number of hydrogen-bond acceptors (Lipinski definition) is 2. The summed E-state index contributed by atoms with van der Waals surface area (Å²) in [5.74, 6) is 0. The van der Waals surface area contributed by atoms with Crippen LogP contribution in [-0.2, 0) is 15.9 Å². The average molecular weight is 316 g/mol. The van der Waals surface area contributed by atoms with Crippen LogP contribution >= 0.6 is 0 Å². The van der Waals surface area contributed by atoms with E-state index in [1.807, 2.05) is 27.7 Å². The summed E-state index contributed by atoms with van der Waals surface area (Å²) in [6.07, 6.45) is 1.46. The number of epoxide rings is 1. The lowest BCUT2D eigenvalue weighted by Crippen LogP contribution is -1.94. The van der Waals surface area contributed by atoms with Crippen molar-refractivity contribution in [2.75, 3.05) is 20.3 Å². The summed E-state index contributed by atoms with van der Waals surface area (Å²) in [6, 6.07) is 21.1. The van der Waals surface area contributed by atoms with Crippen molar-refractivity contribution in [1.82, 2.24) is 0 Å². The molecule has 128 valence electrons. The third kappa shape index (κ3) is 11.6. The van der Waals surface area contributed by atoms with Gasteiger partial charge >= 0.3 is 0 Å². The Kier molecular flexibility index (Phi) is 14.2. The summed E-state index contributed by atoms with van der Waals surface area (Å²) in [6.45, 7) is 9.66. The molecule has 1 aliphatic heterocycles. The SMILES string of the molecule is CC.CC.COCC1CO1.c1ccc(Cc2ccccc2)cc1. The van der Waals surface area contributed by atoms with E-state index < -0.39 is 0 Å². The first-order chi connectivity index (χ1) is 11.4. The topological polar surface area (TPSA) is 21.8 Å². The summed E-state index contributed by atoms with van der Waals surface area (Å²) in [5.41, 5.74) is 2.74. The fraction of sp³-hybridized carbons (Fsp3) is 0.429. The molecular weight excluding hydrogens is 284 g/mol. The van der Waals surface area contributed by atoms with Crippen LogP contribution in [-0.4, -0.2) is 26.4 Å². The molecule has 0 aliphatic carbocycles. The molecule has 2 aromatic rings. The molecule has 1 fully saturated rings. The minimum Gasteiger partial charge on any atom is -0.382 e. The number of ether oxygens (including phenoxy) is 2. The molecule has 1 unspecified atom stereocenters. The highest BCUT2D eigenvalue weighted by molar-refractivity contribution is 5.25. The first-order valence-electron chi connectivity index (χ1n) is 8.57. The third-order valence-electron chi connectivity index (χ3n) is 2.85. The molecule has 0 radical (unpaired) electrons. The van der Waals surface area contributed by atoms with E-state index in [0.29, 0.717) is 6.10 Å². The highest BCUT2D eigenvalue weighted by atomic mass is 16.6. The first kappa shape index (κ1) is 21.4. The van der Waals surface area contributed by atoms with Crippen LogP contribution in [0.5, 0.6) is 0 Å². The monoisotopic (exact) mass is 316 g/mol. The number of rotatable bonds is 4. The van der Waals surface area contributed by atoms with E-state index >= 15 is 0 Å². The maximum Gasteiger partial charge on any atom is 0.104 e. The lowest BCUT2D eigenvalue weighted by atomic mass is 10.1.